The largest absolute Gasteiger partial charge is 0.484 e. The van der Waals surface area contributed by atoms with E-state index >= 15 is 0 Å². The van der Waals surface area contributed by atoms with Gasteiger partial charge in [0.1, 0.15) is 11.3 Å². The summed E-state index contributed by atoms with van der Waals surface area (Å²) in [6.45, 7) is 3.80. The molecule has 0 radical (unpaired) electrons. The van der Waals surface area contributed by atoms with Crippen LogP contribution in [0.5, 0.6) is 5.75 Å². The number of rotatable bonds is 6. The first-order valence-corrected chi connectivity index (χ1v) is 10.6. The fraction of sp³-hybridized carbons (Fsp3) is 0.167. The Kier molecular flexibility index (Phi) is 6.16. The number of ether oxygens (including phenoxy) is 1. The highest BCUT2D eigenvalue weighted by Crippen LogP contribution is 2.31. The van der Waals surface area contributed by atoms with Gasteiger partial charge in [0.05, 0.1) is 10.7 Å². The molecule has 1 heterocycles. The van der Waals surface area contributed by atoms with Crippen LogP contribution in [0.25, 0.3) is 22.6 Å². The molecule has 5 nitrogen and oxygen atoms in total. The zero-order valence-corrected chi connectivity index (χ0v) is 18.6. The molecule has 0 aliphatic carbocycles. The van der Waals surface area contributed by atoms with Crippen molar-refractivity contribution in [1.29, 1.82) is 0 Å². The fourth-order valence-electron chi connectivity index (χ4n) is 3.11. The van der Waals surface area contributed by atoms with Gasteiger partial charge < -0.3 is 14.5 Å². The van der Waals surface area contributed by atoms with Crippen LogP contribution in [0, 0.1) is 6.92 Å². The number of aryl methyl sites for hydroxylation is 2. The molecule has 0 saturated carbocycles. The molecule has 0 fully saturated rings. The van der Waals surface area contributed by atoms with Gasteiger partial charge in [0.25, 0.3) is 5.91 Å². The van der Waals surface area contributed by atoms with Crippen molar-refractivity contribution in [3.8, 4) is 17.2 Å². The summed E-state index contributed by atoms with van der Waals surface area (Å²) >= 11 is 12.3. The van der Waals surface area contributed by atoms with Crippen LogP contribution < -0.4 is 10.1 Å². The summed E-state index contributed by atoms with van der Waals surface area (Å²) < 4.78 is 11.4. The van der Waals surface area contributed by atoms with Crippen molar-refractivity contribution in [2.45, 2.75) is 20.3 Å². The Bertz CT molecular complexity index is 1270. The van der Waals surface area contributed by atoms with Gasteiger partial charge in [-0.1, -0.05) is 36.2 Å². The van der Waals surface area contributed by atoms with E-state index in [2.05, 4.69) is 17.2 Å². The lowest BCUT2D eigenvalue weighted by atomic mass is 10.1. The van der Waals surface area contributed by atoms with Crippen LogP contribution in [0.15, 0.2) is 59.0 Å². The Morgan fingerprint density at radius 3 is 2.65 bits per heavy atom. The van der Waals surface area contributed by atoms with Gasteiger partial charge in [0.15, 0.2) is 12.2 Å². The van der Waals surface area contributed by atoms with E-state index in [-0.39, 0.29) is 12.5 Å². The smallest absolute Gasteiger partial charge is 0.262 e. The molecule has 1 N–H and O–H groups in total. The second kappa shape index (κ2) is 9.00. The molecule has 1 aromatic heterocycles. The van der Waals surface area contributed by atoms with Gasteiger partial charge in [-0.15, -0.1) is 0 Å². The Hall–Kier alpha value is -3.02. The van der Waals surface area contributed by atoms with E-state index in [0.717, 1.165) is 17.5 Å². The third kappa shape index (κ3) is 4.84. The molecule has 4 aromatic rings. The molecule has 0 aliphatic heterocycles. The predicted octanol–water partition coefficient (Wildman–Crippen LogP) is 6.69. The van der Waals surface area contributed by atoms with Gasteiger partial charge in [0, 0.05) is 10.6 Å². The van der Waals surface area contributed by atoms with Crippen molar-refractivity contribution in [3.63, 3.8) is 0 Å². The van der Waals surface area contributed by atoms with Crippen LogP contribution in [0.3, 0.4) is 0 Å². The normalized spacial score (nSPS) is 11.0. The zero-order chi connectivity index (χ0) is 22.0. The van der Waals surface area contributed by atoms with E-state index in [1.54, 1.807) is 36.4 Å². The van der Waals surface area contributed by atoms with Gasteiger partial charge in [-0.25, -0.2) is 4.98 Å². The predicted molar refractivity (Wildman–Crippen MR) is 124 cm³/mol. The number of carbonyl (C=O) groups is 1. The number of hydrogen-bond donors (Lipinski definition) is 1. The van der Waals surface area contributed by atoms with Crippen LogP contribution in [0.4, 0.5) is 5.69 Å². The van der Waals surface area contributed by atoms with Gasteiger partial charge in [-0.3, -0.25) is 4.79 Å². The van der Waals surface area contributed by atoms with Crippen molar-refractivity contribution in [2.24, 2.45) is 0 Å². The number of nitrogens with one attached hydrogen (secondary N) is 1. The minimum Gasteiger partial charge on any atom is -0.484 e. The van der Waals surface area contributed by atoms with E-state index in [0.29, 0.717) is 38.5 Å². The maximum atomic E-state index is 12.4. The van der Waals surface area contributed by atoms with E-state index < -0.39 is 0 Å². The summed E-state index contributed by atoms with van der Waals surface area (Å²) in [5, 5.41) is 3.83. The molecule has 0 saturated heterocycles. The minimum atomic E-state index is -0.336. The van der Waals surface area contributed by atoms with Gasteiger partial charge in [-0.05, 0) is 73.0 Å². The molecule has 1 amide bonds. The van der Waals surface area contributed by atoms with E-state index in [9.17, 15) is 4.79 Å². The van der Waals surface area contributed by atoms with Gasteiger partial charge in [-0.2, -0.15) is 0 Å². The number of fused-ring (bicyclic) bond motifs is 1. The number of nitrogens with zero attached hydrogens (tertiary/aromatic N) is 1. The highest BCUT2D eigenvalue weighted by molar-refractivity contribution is 6.33. The molecule has 0 bridgehead atoms. The quantitative estimate of drug-likeness (QED) is 0.352. The third-order valence-electron chi connectivity index (χ3n) is 4.85. The summed E-state index contributed by atoms with van der Waals surface area (Å²) in [6.07, 6.45) is 0.924. The molecule has 3 aromatic carbocycles. The lowest BCUT2D eigenvalue weighted by Crippen LogP contribution is -2.20. The Balaban J connectivity index is 1.49. The van der Waals surface area contributed by atoms with Gasteiger partial charge >= 0.3 is 0 Å². The van der Waals surface area contributed by atoms with Gasteiger partial charge in [0.2, 0.25) is 5.89 Å². The molecule has 0 aliphatic rings. The average Bonchev–Trinajstić information content (AvgIpc) is 3.19. The van der Waals surface area contributed by atoms with Crippen LogP contribution in [-0.4, -0.2) is 17.5 Å². The van der Waals surface area contributed by atoms with Crippen molar-refractivity contribution in [3.05, 3.63) is 75.8 Å². The molecular weight excluding hydrogens is 435 g/mol. The summed E-state index contributed by atoms with van der Waals surface area (Å²) in [5.74, 6) is 0.690. The van der Waals surface area contributed by atoms with Crippen molar-refractivity contribution >= 4 is 45.9 Å². The first-order chi connectivity index (χ1) is 14.9. The summed E-state index contributed by atoms with van der Waals surface area (Å²) in [5.41, 5.74) is 4.73. The lowest BCUT2D eigenvalue weighted by Gasteiger charge is -2.10. The summed E-state index contributed by atoms with van der Waals surface area (Å²) in [4.78, 5) is 17.0. The molecule has 0 unspecified atom stereocenters. The second-order valence-electron chi connectivity index (χ2n) is 7.12. The minimum absolute atomic E-state index is 0.162. The van der Waals surface area contributed by atoms with Crippen LogP contribution in [0.2, 0.25) is 10.0 Å². The molecule has 158 valence electrons. The SMILES string of the molecule is CCc1ccc2oc(-c3ccc(Cl)c(NC(=O)COc4ccc(Cl)c(C)c4)c3)nc2c1. The Morgan fingerprint density at radius 2 is 1.87 bits per heavy atom. The molecule has 31 heavy (non-hydrogen) atoms. The topological polar surface area (TPSA) is 64.4 Å². The van der Waals surface area contributed by atoms with Crippen molar-refractivity contribution in [2.75, 3.05) is 11.9 Å². The van der Waals surface area contributed by atoms with E-state index in [1.807, 2.05) is 25.1 Å². The number of hydrogen-bond acceptors (Lipinski definition) is 4. The average molecular weight is 455 g/mol. The highest BCUT2D eigenvalue weighted by atomic mass is 35.5. The second-order valence-corrected chi connectivity index (χ2v) is 7.93. The van der Waals surface area contributed by atoms with Crippen LogP contribution in [0.1, 0.15) is 18.1 Å². The van der Waals surface area contributed by atoms with Crippen molar-refractivity contribution < 1.29 is 13.9 Å². The summed E-state index contributed by atoms with van der Waals surface area (Å²) in [6, 6.07) is 16.4. The number of aromatic nitrogens is 1. The number of amides is 1. The molecule has 0 spiro atoms. The molecule has 7 heteroatoms. The zero-order valence-electron chi connectivity index (χ0n) is 17.0. The Labute approximate surface area is 189 Å². The maximum absolute atomic E-state index is 12.4. The number of oxazole rings is 1. The lowest BCUT2D eigenvalue weighted by molar-refractivity contribution is -0.118. The Morgan fingerprint density at radius 1 is 1.06 bits per heavy atom. The number of benzene rings is 3. The van der Waals surface area contributed by atoms with Crippen molar-refractivity contribution in [1.82, 2.24) is 4.98 Å². The highest BCUT2D eigenvalue weighted by Gasteiger charge is 2.13. The standard InChI is InChI=1S/C24H20Cl2N2O3/c1-3-15-4-9-22-21(11-15)28-24(31-22)16-5-7-19(26)20(12-16)27-23(29)13-30-17-6-8-18(25)14(2)10-17/h4-12H,3,13H2,1-2H3,(H,27,29). The first-order valence-electron chi connectivity index (χ1n) is 9.81. The monoisotopic (exact) mass is 454 g/mol. The van der Waals surface area contributed by atoms with Crippen LogP contribution >= 0.6 is 23.2 Å². The number of anilines is 1. The van der Waals surface area contributed by atoms with E-state index in [4.69, 9.17) is 32.4 Å². The van der Waals surface area contributed by atoms with Crippen LogP contribution in [-0.2, 0) is 11.2 Å². The molecule has 4 rings (SSSR count). The summed E-state index contributed by atoms with van der Waals surface area (Å²) in [7, 11) is 0. The first kappa shape index (κ1) is 21.2. The van der Waals surface area contributed by atoms with E-state index in [1.165, 1.54) is 5.56 Å². The number of carbonyl (C=O) groups excluding carboxylic acids is 1. The third-order valence-corrected chi connectivity index (χ3v) is 5.60. The molecular formula is C24H20Cl2N2O3. The maximum Gasteiger partial charge on any atom is 0.262 e. The fourth-order valence-corrected chi connectivity index (χ4v) is 3.39. The molecule has 0 atom stereocenters. The number of halogens is 2.